The van der Waals surface area contributed by atoms with Crippen molar-refractivity contribution in [1.82, 2.24) is 19.1 Å². The van der Waals surface area contributed by atoms with Crippen LogP contribution in [0.4, 0.5) is 5.69 Å². The largest absolute Gasteiger partial charge is 0.493 e. The molecule has 34 heavy (non-hydrogen) atoms. The van der Waals surface area contributed by atoms with Crippen LogP contribution >= 0.6 is 0 Å². The normalized spacial score (nSPS) is 13.6. The van der Waals surface area contributed by atoms with Crippen molar-refractivity contribution in [2.75, 3.05) is 20.8 Å². The van der Waals surface area contributed by atoms with E-state index in [1.54, 1.807) is 43.0 Å². The summed E-state index contributed by atoms with van der Waals surface area (Å²) in [5.41, 5.74) is 2.60. The molecule has 0 bridgehead atoms. The highest BCUT2D eigenvalue weighted by Crippen LogP contribution is 2.30. The highest BCUT2D eigenvalue weighted by molar-refractivity contribution is 5.64. The van der Waals surface area contributed by atoms with Gasteiger partial charge in [-0.15, -0.1) is 0 Å². The highest BCUT2D eigenvalue weighted by Gasteiger charge is 2.29. The van der Waals surface area contributed by atoms with Crippen LogP contribution in [-0.2, 0) is 19.5 Å². The van der Waals surface area contributed by atoms with Crippen molar-refractivity contribution in [2.24, 2.45) is 0 Å². The summed E-state index contributed by atoms with van der Waals surface area (Å²) >= 11 is 0. The van der Waals surface area contributed by atoms with Crippen molar-refractivity contribution in [3.05, 3.63) is 92.0 Å². The maximum Gasteiger partial charge on any atom is 0.332 e. The first-order chi connectivity index (χ1) is 16.5. The van der Waals surface area contributed by atoms with Crippen LogP contribution in [0.5, 0.6) is 11.5 Å². The molecule has 2 aromatic heterocycles. The Hall–Kier alpha value is -4.18. The molecule has 0 radical (unpaired) electrons. The third-order valence-electron chi connectivity index (χ3n) is 6.12. The fraction of sp³-hybridized carbons (Fsp3) is 0.250. The molecule has 10 nitrogen and oxygen atoms in total. The lowest BCUT2D eigenvalue weighted by Crippen LogP contribution is -2.38. The Balaban J connectivity index is 1.58. The molecule has 0 unspecified atom stereocenters. The van der Waals surface area contributed by atoms with Crippen molar-refractivity contribution in [3.63, 3.8) is 0 Å². The molecule has 0 atom stereocenters. The second-order valence-corrected chi connectivity index (χ2v) is 8.07. The lowest BCUT2D eigenvalue weighted by atomic mass is 10.0. The number of rotatable bonds is 6. The molecule has 0 saturated carbocycles. The minimum absolute atomic E-state index is 0.160. The minimum Gasteiger partial charge on any atom is -0.493 e. The van der Waals surface area contributed by atoms with Gasteiger partial charge < -0.3 is 9.47 Å². The van der Waals surface area contributed by atoms with Crippen LogP contribution in [0.1, 0.15) is 16.8 Å². The van der Waals surface area contributed by atoms with Crippen LogP contribution in [0.15, 0.2) is 59.5 Å². The fourth-order valence-corrected chi connectivity index (χ4v) is 4.51. The second kappa shape index (κ2) is 8.64. The summed E-state index contributed by atoms with van der Waals surface area (Å²) in [6.45, 7) is 1.72. The molecule has 1 aliphatic rings. The zero-order valence-corrected chi connectivity index (χ0v) is 18.8. The Morgan fingerprint density at radius 1 is 1.09 bits per heavy atom. The summed E-state index contributed by atoms with van der Waals surface area (Å²) in [6, 6.07) is 14.7. The monoisotopic (exact) mass is 461 g/mol. The summed E-state index contributed by atoms with van der Waals surface area (Å²) in [5, 5.41) is 16.1. The molecule has 0 N–H and O–H groups in total. The Kier molecular flexibility index (Phi) is 5.50. The smallest absolute Gasteiger partial charge is 0.332 e. The molecular weight excluding hydrogens is 438 g/mol. The molecule has 0 aliphatic carbocycles. The molecule has 0 saturated heterocycles. The van der Waals surface area contributed by atoms with Gasteiger partial charge in [0.05, 0.1) is 30.5 Å². The SMILES string of the molecule is COc1ccc(CN2CCc3c(n4ncc([N+](=O)[O-])c4n(-c4ccccc4)c3=O)C2)cc1OC. The Morgan fingerprint density at radius 3 is 2.56 bits per heavy atom. The van der Waals surface area contributed by atoms with Gasteiger partial charge in [0.1, 0.15) is 6.20 Å². The minimum atomic E-state index is -0.502. The van der Waals surface area contributed by atoms with E-state index in [9.17, 15) is 14.9 Å². The molecule has 3 heterocycles. The molecule has 1 aliphatic heterocycles. The first-order valence-electron chi connectivity index (χ1n) is 10.8. The fourth-order valence-electron chi connectivity index (χ4n) is 4.51. The quantitative estimate of drug-likeness (QED) is 0.321. The van der Waals surface area contributed by atoms with E-state index in [0.717, 1.165) is 5.56 Å². The van der Waals surface area contributed by atoms with Crippen LogP contribution in [0.2, 0.25) is 0 Å². The van der Waals surface area contributed by atoms with Gasteiger partial charge in [0.15, 0.2) is 11.5 Å². The molecule has 10 heteroatoms. The van der Waals surface area contributed by atoms with Gasteiger partial charge in [-0.3, -0.25) is 24.4 Å². The van der Waals surface area contributed by atoms with Crippen LogP contribution in [0, 0.1) is 10.1 Å². The van der Waals surface area contributed by atoms with E-state index < -0.39 is 4.92 Å². The molecule has 2 aromatic carbocycles. The van der Waals surface area contributed by atoms with E-state index in [4.69, 9.17) is 9.47 Å². The van der Waals surface area contributed by atoms with E-state index in [0.29, 0.717) is 54.5 Å². The number of aromatic nitrogens is 3. The molecule has 0 spiro atoms. The average molecular weight is 461 g/mol. The van der Waals surface area contributed by atoms with Gasteiger partial charge in [-0.05, 0) is 36.2 Å². The van der Waals surface area contributed by atoms with E-state index in [1.807, 2.05) is 24.3 Å². The Bertz CT molecular complexity index is 1440. The van der Waals surface area contributed by atoms with Crippen molar-refractivity contribution < 1.29 is 14.4 Å². The number of hydrogen-bond acceptors (Lipinski definition) is 7. The van der Waals surface area contributed by atoms with Crippen molar-refractivity contribution >= 4 is 11.3 Å². The van der Waals surface area contributed by atoms with E-state index >= 15 is 0 Å². The van der Waals surface area contributed by atoms with Crippen LogP contribution in [-0.4, -0.2) is 44.8 Å². The molecule has 0 amide bonds. The van der Waals surface area contributed by atoms with Crippen LogP contribution < -0.4 is 15.0 Å². The summed E-state index contributed by atoms with van der Waals surface area (Å²) in [6.07, 6.45) is 1.72. The zero-order chi connectivity index (χ0) is 23.8. The predicted octanol–water partition coefficient (Wildman–Crippen LogP) is 2.97. The summed E-state index contributed by atoms with van der Waals surface area (Å²) in [7, 11) is 3.19. The Morgan fingerprint density at radius 2 is 1.85 bits per heavy atom. The van der Waals surface area contributed by atoms with Gasteiger partial charge in [0.25, 0.3) is 5.56 Å². The molecule has 0 fully saturated rings. The number of nitro groups is 1. The summed E-state index contributed by atoms with van der Waals surface area (Å²) in [4.78, 5) is 27.0. The third-order valence-corrected chi connectivity index (χ3v) is 6.12. The van der Waals surface area contributed by atoms with Gasteiger partial charge in [-0.2, -0.15) is 5.10 Å². The third kappa shape index (κ3) is 3.57. The molecule has 4 aromatic rings. The van der Waals surface area contributed by atoms with Crippen LogP contribution in [0.25, 0.3) is 11.3 Å². The highest BCUT2D eigenvalue weighted by atomic mass is 16.6. The first-order valence-corrected chi connectivity index (χ1v) is 10.8. The van der Waals surface area contributed by atoms with Crippen molar-refractivity contribution in [3.8, 4) is 17.2 Å². The number of para-hydroxylation sites is 1. The standard InChI is InChI=1S/C24H23N5O5/c1-33-21-9-8-16(12-22(21)34-2)14-26-11-10-18-20(15-26)28-23(19(13-25-28)29(31)32)27(24(18)30)17-6-4-3-5-7-17/h3-9,12-13H,10-11,14-15H2,1-2H3. The summed E-state index contributed by atoms with van der Waals surface area (Å²) in [5.74, 6) is 1.30. The van der Waals surface area contributed by atoms with Gasteiger partial charge in [-0.25, -0.2) is 4.52 Å². The lowest BCUT2D eigenvalue weighted by molar-refractivity contribution is -0.383. The van der Waals surface area contributed by atoms with E-state index in [-0.39, 0.29) is 16.9 Å². The van der Waals surface area contributed by atoms with E-state index in [1.165, 1.54) is 10.8 Å². The van der Waals surface area contributed by atoms with Gasteiger partial charge in [0.2, 0.25) is 5.65 Å². The zero-order valence-electron chi connectivity index (χ0n) is 18.8. The maximum atomic E-state index is 13.6. The first kappa shape index (κ1) is 21.7. The molecule has 174 valence electrons. The van der Waals surface area contributed by atoms with Crippen molar-refractivity contribution in [2.45, 2.75) is 19.5 Å². The second-order valence-electron chi connectivity index (χ2n) is 8.07. The predicted molar refractivity (Wildman–Crippen MR) is 125 cm³/mol. The van der Waals surface area contributed by atoms with Gasteiger partial charge >= 0.3 is 5.69 Å². The molecule has 5 rings (SSSR count). The number of benzene rings is 2. The number of fused-ring (bicyclic) bond motifs is 3. The van der Waals surface area contributed by atoms with Crippen molar-refractivity contribution in [1.29, 1.82) is 0 Å². The number of nitrogens with zero attached hydrogens (tertiary/aromatic N) is 5. The molecular formula is C24H23N5O5. The summed E-state index contributed by atoms with van der Waals surface area (Å²) < 4.78 is 13.7. The number of hydrogen-bond donors (Lipinski definition) is 0. The van der Waals surface area contributed by atoms with E-state index in [2.05, 4.69) is 10.00 Å². The average Bonchev–Trinajstić information content (AvgIpc) is 3.30. The lowest BCUT2D eigenvalue weighted by Gasteiger charge is -2.29. The number of ether oxygens (including phenoxy) is 2. The van der Waals surface area contributed by atoms with Gasteiger partial charge in [-0.1, -0.05) is 24.3 Å². The maximum absolute atomic E-state index is 13.6. The Labute approximate surface area is 194 Å². The topological polar surface area (TPSA) is 104 Å². The number of methoxy groups -OCH3 is 2. The van der Waals surface area contributed by atoms with Gasteiger partial charge in [0, 0.05) is 25.2 Å². The van der Waals surface area contributed by atoms with Crippen LogP contribution in [0.3, 0.4) is 0 Å².